The lowest BCUT2D eigenvalue weighted by Crippen LogP contribution is -2.42. The van der Waals surface area contributed by atoms with Crippen molar-refractivity contribution in [2.24, 2.45) is 5.92 Å². The monoisotopic (exact) mass is 306 g/mol. The smallest absolute Gasteiger partial charge is 0.315 e. The number of nitrogens with one attached hydrogen (secondary N) is 2. The van der Waals surface area contributed by atoms with Crippen LogP contribution in [-0.4, -0.2) is 30.0 Å². The summed E-state index contributed by atoms with van der Waals surface area (Å²) in [5.74, 6) is 0.157. The summed E-state index contributed by atoms with van der Waals surface area (Å²) >= 11 is 1.68. The molecule has 0 saturated heterocycles. The quantitative estimate of drug-likeness (QED) is 0.579. The van der Waals surface area contributed by atoms with E-state index in [4.69, 9.17) is 5.11 Å². The van der Waals surface area contributed by atoms with Gasteiger partial charge in [-0.05, 0) is 31.2 Å². The highest BCUT2D eigenvalue weighted by Gasteiger charge is 2.20. The number of hydrogen-bond donors (Lipinski definition) is 3. The van der Waals surface area contributed by atoms with Crippen molar-refractivity contribution in [1.82, 2.24) is 10.6 Å². The molecule has 0 aromatic heterocycles. The van der Waals surface area contributed by atoms with Gasteiger partial charge in [0, 0.05) is 23.5 Å². The first-order valence-electron chi connectivity index (χ1n) is 7.13. The largest absolute Gasteiger partial charge is 0.396 e. The van der Waals surface area contributed by atoms with Crippen LogP contribution in [-0.2, 0) is 0 Å². The van der Waals surface area contributed by atoms with Crippen LogP contribution in [0.4, 0.5) is 4.79 Å². The number of hydrogen-bond acceptors (Lipinski definition) is 3. The van der Waals surface area contributed by atoms with Crippen LogP contribution in [0.2, 0.25) is 0 Å². The Labute approximate surface area is 130 Å². The minimum atomic E-state index is -0.174. The molecule has 114 valence electrons. The van der Waals surface area contributed by atoms with E-state index in [0.717, 1.165) is 12.0 Å². The van der Waals surface area contributed by atoms with Crippen LogP contribution in [0.25, 0.3) is 0 Å². The van der Waals surface area contributed by atoms with Crippen molar-refractivity contribution in [3.63, 3.8) is 0 Å². The van der Waals surface area contributed by atoms with Gasteiger partial charge in [-0.3, -0.25) is 0 Å². The zero-order valence-electron chi connectivity index (χ0n) is 12.4. The number of aliphatic hydroxyl groups excluding tert-OH is 1. The standard InChI is InChI=1S/C16H22N2O2S/c1-11(14-5-3-4-6-15(14)21-2)17-16(20)18-13-8-7-12(9-13)10-19/h3-8,11-13,19H,9-10H2,1-2H3,(H2,17,18,20)/t11-,12-,13+/m0/s1. The van der Waals surface area contributed by atoms with E-state index in [-0.39, 0.29) is 30.6 Å². The molecule has 21 heavy (non-hydrogen) atoms. The van der Waals surface area contributed by atoms with Crippen LogP contribution >= 0.6 is 11.8 Å². The summed E-state index contributed by atoms with van der Waals surface area (Å²) in [6.07, 6.45) is 6.70. The van der Waals surface area contributed by atoms with E-state index in [1.807, 2.05) is 43.5 Å². The fourth-order valence-electron chi connectivity index (χ4n) is 2.53. The number of benzene rings is 1. The van der Waals surface area contributed by atoms with E-state index >= 15 is 0 Å². The lowest BCUT2D eigenvalue weighted by Gasteiger charge is -2.19. The van der Waals surface area contributed by atoms with E-state index in [2.05, 4.69) is 16.7 Å². The topological polar surface area (TPSA) is 61.4 Å². The number of carbonyl (C=O) groups excluding carboxylic acids is 1. The highest BCUT2D eigenvalue weighted by atomic mass is 32.2. The van der Waals surface area contributed by atoms with Gasteiger partial charge in [0.15, 0.2) is 0 Å². The maximum Gasteiger partial charge on any atom is 0.315 e. The van der Waals surface area contributed by atoms with Crippen LogP contribution in [0, 0.1) is 5.92 Å². The summed E-state index contributed by atoms with van der Waals surface area (Å²) < 4.78 is 0. The Morgan fingerprint density at radius 2 is 2.19 bits per heavy atom. The molecule has 0 heterocycles. The molecule has 3 atom stereocenters. The second-order valence-corrected chi connectivity index (χ2v) is 6.10. The molecule has 2 amide bonds. The van der Waals surface area contributed by atoms with Crippen LogP contribution in [0.5, 0.6) is 0 Å². The summed E-state index contributed by atoms with van der Waals surface area (Å²) in [6, 6.07) is 7.86. The molecule has 0 aliphatic heterocycles. The van der Waals surface area contributed by atoms with E-state index in [1.54, 1.807) is 11.8 Å². The maximum absolute atomic E-state index is 12.1. The summed E-state index contributed by atoms with van der Waals surface area (Å²) in [5, 5.41) is 15.0. The third-order valence-corrected chi connectivity index (χ3v) is 4.49. The van der Waals surface area contributed by atoms with Crippen molar-refractivity contribution in [2.75, 3.05) is 12.9 Å². The van der Waals surface area contributed by atoms with Gasteiger partial charge >= 0.3 is 6.03 Å². The Kier molecular flexibility index (Phi) is 5.70. The van der Waals surface area contributed by atoms with Gasteiger partial charge in [-0.1, -0.05) is 30.4 Å². The molecule has 0 bridgehead atoms. The van der Waals surface area contributed by atoms with Crippen LogP contribution in [0.3, 0.4) is 0 Å². The number of rotatable bonds is 5. The second-order valence-electron chi connectivity index (χ2n) is 5.25. The number of aliphatic hydroxyl groups is 1. The molecule has 0 radical (unpaired) electrons. The average Bonchev–Trinajstić information content (AvgIpc) is 2.94. The minimum absolute atomic E-state index is 0.00476. The predicted octanol–water partition coefficient (Wildman–Crippen LogP) is 2.71. The molecule has 1 aliphatic rings. The average molecular weight is 306 g/mol. The fraction of sp³-hybridized carbons (Fsp3) is 0.438. The molecule has 3 N–H and O–H groups in total. The third kappa shape index (κ3) is 4.25. The van der Waals surface area contributed by atoms with Crippen molar-refractivity contribution in [3.05, 3.63) is 42.0 Å². The van der Waals surface area contributed by atoms with Crippen LogP contribution < -0.4 is 10.6 Å². The molecule has 0 saturated carbocycles. The normalized spacial score (nSPS) is 22.0. The van der Waals surface area contributed by atoms with E-state index in [0.29, 0.717) is 0 Å². The van der Waals surface area contributed by atoms with Crippen LogP contribution in [0.1, 0.15) is 24.9 Å². The molecule has 2 rings (SSSR count). The molecule has 1 aliphatic carbocycles. The summed E-state index contributed by atoms with van der Waals surface area (Å²) in [7, 11) is 0. The highest BCUT2D eigenvalue weighted by molar-refractivity contribution is 7.98. The van der Waals surface area contributed by atoms with Gasteiger partial charge in [0.05, 0.1) is 6.04 Å². The zero-order valence-corrected chi connectivity index (χ0v) is 13.2. The van der Waals surface area contributed by atoms with E-state index < -0.39 is 0 Å². The fourth-order valence-corrected chi connectivity index (χ4v) is 3.22. The summed E-state index contributed by atoms with van der Waals surface area (Å²) in [6.45, 7) is 2.11. The van der Waals surface area contributed by atoms with Gasteiger partial charge in [-0.25, -0.2) is 4.79 Å². The molecule has 0 spiro atoms. The van der Waals surface area contributed by atoms with Crippen molar-refractivity contribution in [1.29, 1.82) is 0 Å². The summed E-state index contributed by atoms with van der Waals surface area (Å²) in [4.78, 5) is 13.2. The predicted molar refractivity (Wildman–Crippen MR) is 86.4 cm³/mol. The Morgan fingerprint density at radius 3 is 2.86 bits per heavy atom. The molecule has 0 unspecified atom stereocenters. The van der Waals surface area contributed by atoms with Crippen molar-refractivity contribution in [3.8, 4) is 0 Å². The Morgan fingerprint density at radius 1 is 1.43 bits per heavy atom. The van der Waals surface area contributed by atoms with Crippen molar-refractivity contribution in [2.45, 2.75) is 30.3 Å². The molecule has 1 aromatic carbocycles. The molecular formula is C16H22N2O2S. The van der Waals surface area contributed by atoms with Gasteiger partial charge < -0.3 is 15.7 Å². The maximum atomic E-state index is 12.1. The molecule has 0 fully saturated rings. The SMILES string of the molecule is CSc1ccccc1[C@H](C)NC(=O)N[C@@H]1C=C[C@H](CO)C1. The molecule has 1 aromatic rings. The van der Waals surface area contributed by atoms with Gasteiger partial charge in [0.25, 0.3) is 0 Å². The Balaban J connectivity index is 1.89. The second kappa shape index (κ2) is 7.52. The molecule has 4 nitrogen and oxygen atoms in total. The highest BCUT2D eigenvalue weighted by Crippen LogP contribution is 2.25. The Bertz CT molecular complexity index is 519. The minimum Gasteiger partial charge on any atom is -0.396 e. The van der Waals surface area contributed by atoms with Gasteiger partial charge in [0.2, 0.25) is 0 Å². The van der Waals surface area contributed by atoms with Gasteiger partial charge in [0.1, 0.15) is 0 Å². The van der Waals surface area contributed by atoms with E-state index in [1.165, 1.54) is 4.90 Å². The summed E-state index contributed by atoms with van der Waals surface area (Å²) in [5.41, 5.74) is 1.12. The zero-order chi connectivity index (χ0) is 15.2. The van der Waals surface area contributed by atoms with Crippen molar-refractivity contribution < 1.29 is 9.90 Å². The molecule has 5 heteroatoms. The first-order valence-corrected chi connectivity index (χ1v) is 8.35. The van der Waals surface area contributed by atoms with Crippen molar-refractivity contribution >= 4 is 17.8 Å². The first-order chi connectivity index (χ1) is 10.1. The number of amides is 2. The Hall–Kier alpha value is -1.46. The molecular weight excluding hydrogens is 284 g/mol. The van der Waals surface area contributed by atoms with Crippen LogP contribution in [0.15, 0.2) is 41.3 Å². The number of carbonyl (C=O) groups is 1. The lowest BCUT2D eigenvalue weighted by molar-refractivity contribution is 0.229. The van der Waals surface area contributed by atoms with E-state index in [9.17, 15) is 4.79 Å². The lowest BCUT2D eigenvalue weighted by atomic mass is 10.1. The third-order valence-electron chi connectivity index (χ3n) is 3.68. The number of thioether (sulfide) groups is 1. The first kappa shape index (κ1) is 15.9. The number of urea groups is 1. The van der Waals surface area contributed by atoms with Gasteiger partial charge in [-0.2, -0.15) is 0 Å². The van der Waals surface area contributed by atoms with Gasteiger partial charge in [-0.15, -0.1) is 11.8 Å².